The quantitative estimate of drug-likeness (QED) is 0.790. The van der Waals surface area contributed by atoms with Crippen molar-refractivity contribution in [2.75, 3.05) is 20.1 Å². The average molecular weight is 439 g/mol. The van der Waals surface area contributed by atoms with Gasteiger partial charge in [0.25, 0.3) is 5.56 Å². The van der Waals surface area contributed by atoms with E-state index in [-0.39, 0.29) is 11.7 Å². The molecule has 3 heterocycles. The summed E-state index contributed by atoms with van der Waals surface area (Å²) in [5.74, 6) is -1.25. The molecule has 1 N–H and O–H groups in total. The van der Waals surface area contributed by atoms with E-state index in [0.29, 0.717) is 23.6 Å². The van der Waals surface area contributed by atoms with Crippen LogP contribution in [0.15, 0.2) is 29.1 Å². The number of carboxylic acid groups (broad SMARTS) is 1. The zero-order valence-electron chi connectivity index (χ0n) is 18.9. The number of aromatic nitrogens is 2. The fourth-order valence-electron chi connectivity index (χ4n) is 6.59. The van der Waals surface area contributed by atoms with E-state index in [9.17, 15) is 14.7 Å². The van der Waals surface area contributed by atoms with E-state index in [4.69, 9.17) is 0 Å². The Morgan fingerprint density at radius 2 is 1.56 bits per heavy atom. The summed E-state index contributed by atoms with van der Waals surface area (Å²) >= 11 is 0. The summed E-state index contributed by atoms with van der Waals surface area (Å²) in [6, 6.07) is 8.88. The van der Waals surface area contributed by atoms with Crippen LogP contribution >= 0.6 is 0 Å². The summed E-state index contributed by atoms with van der Waals surface area (Å²) in [4.78, 5) is 34.4. The first kappa shape index (κ1) is 21.6. The third-order valence-corrected chi connectivity index (χ3v) is 7.84. The predicted octanol–water partition coefficient (Wildman–Crippen LogP) is 3.53. The Kier molecular flexibility index (Phi) is 6.03. The molecule has 7 heteroatoms. The minimum atomic E-state index is -1.25. The van der Waals surface area contributed by atoms with Crippen molar-refractivity contribution in [2.45, 2.75) is 82.0 Å². The van der Waals surface area contributed by atoms with Gasteiger partial charge in [-0.1, -0.05) is 44.2 Å². The van der Waals surface area contributed by atoms with Crippen LogP contribution in [0.4, 0.5) is 0 Å². The van der Waals surface area contributed by atoms with Crippen LogP contribution < -0.4 is 5.56 Å². The molecule has 2 bridgehead atoms. The highest BCUT2D eigenvalue weighted by Crippen LogP contribution is 2.39. The molecule has 2 saturated heterocycles. The molecule has 2 unspecified atom stereocenters. The number of fused-ring (bicyclic) bond motifs is 3. The first-order valence-electron chi connectivity index (χ1n) is 12.2. The highest BCUT2D eigenvalue weighted by molar-refractivity contribution is 5.88. The second-order valence-electron chi connectivity index (χ2n) is 10.0. The SMILES string of the molecule is CN1CC2CC(n3c(=O)c(C(=O)O)nc4ccccc43)C[C@@H](C1)N2C1CCCCCCC1. The number of carboxylic acids is 1. The smallest absolute Gasteiger partial charge is 0.360 e. The number of nitrogens with zero attached hydrogens (tertiary/aromatic N) is 4. The number of piperidine rings is 1. The number of likely N-dealkylation sites (N-methyl/N-ethyl adjacent to an activating group) is 1. The van der Waals surface area contributed by atoms with Crippen molar-refractivity contribution in [3.63, 3.8) is 0 Å². The molecule has 3 fully saturated rings. The topological polar surface area (TPSA) is 78.7 Å². The van der Waals surface area contributed by atoms with Crippen molar-refractivity contribution in [3.8, 4) is 0 Å². The highest BCUT2D eigenvalue weighted by Gasteiger charge is 2.44. The Labute approximate surface area is 189 Å². The lowest BCUT2D eigenvalue weighted by Gasteiger charge is -2.55. The molecule has 5 rings (SSSR count). The van der Waals surface area contributed by atoms with E-state index in [2.05, 4.69) is 21.8 Å². The number of rotatable bonds is 3. The van der Waals surface area contributed by atoms with E-state index in [1.807, 2.05) is 18.2 Å². The zero-order valence-corrected chi connectivity index (χ0v) is 18.9. The van der Waals surface area contributed by atoms with Crippen LogP contribution in [0.2, 0.25) is 0 Å². The molecule has 7 nitrogen and oxygen atoms in total. The lowest BCUT2D eigenvalue weighted by Crippen LogP contribution is -2.64. The maximum absolute atomic E-state index is 13.3. The van der Waals surface area contributed by atoms with Crippen molar-refractivity contribution < 1.29 is 9.90 Å². The monoisotopic (exact) mass is 438 g/mol. The molecular weight excluding hydrogens is 404 g/mol. The predicted molar refractivity (Wildman–Crippen MR) is 124 cm³/mol. The molecule has 2 aromatic rings. The molecule has 3 atom stereocenters. The molecule has 0 radical (unpaired) electrons. The summed E-state index contributed by atoms with van der Waals surface area (Å²) in [5.41, 5.74) is 0.494. The molecular formula is C25H34N4O3. The van der Waals surface area contributed by atoms with Gasteiger partial charge >= 0.3 is 5.97 Å². The van der Waals surface area contributed by atoms with Crippen LogP contribution in [0, 0.1) is 0 Å². The second kappa shape index (κ2) is 8.94. The minimum Gasteiger partial charge on any atom is -0.476 e. The molecule has 172 valence electrons. The van der Waals surface area contributed by atoms with Crippen LogP contribution in [-0.2, 0) is 0 Å². The van der Waals surface area contributed by atoms with Crippen molar-refractivity contribution in [1.29, 1.82) is 0 Å². The van der Waals surface area contributed by atoms with Crippen LogP contribution in [-0.4, -0.2) is 68.7 Å². The van der Waals surface area contributed by atoms with Crippen LogP contribution in [0.1, 0.15) is 74.3 Å². The fourth-order valence-corrected chi connectivity index (χ4v) is 6.59. The molecule has 0 spiro atoms. The van der Waals surface area contributed by atoms with Gasteiger partial charge in [-0.15, -0.1) is 0 Å². The largest absolute Gasteiger partial charge is 0.476 e. The number of piperazine rings is 1. The van der Waals surface area contributed by atoms with Gasteiger partial charge in [-0.2, -0.15) is 0 Å². The summed E-state index contributed by atoms with van der Waals surface area (Å²) in [7, 11) is 2.20. The van der Waals surface area contributed by atoms with Crippen molar-refractivity contribution in [2.24, 2.45) is 0 Å². The fraction of sp³-hybridized carbons (Fsp3) is 0.640. The summed E-state index contributed by atoms with van der Waals surface area (Å²) < 4.78 is 1.76. The highest BCUT2D eigenvalue weighted by atomic mass is 16.4. The Morgan fingerprint density at radius 1 is 0.938 bits per heavy atom. The van der Waals surface area contributed by atoms with Crippen LogP contribution in [0.3, 0.4) is 0 Å². The Morgan fingerprint density at radius 3 is 2.22 bits per heavy atom. The molecule has 2 aliphatic heterocycles. The van der Waals surface area contributed by atoms with Gasteiger partial charge in [-0.25, -0.2) is 9.78 Å². The van der Waals surface area contributed by atoms with Crippen molar-refractivity contribution in [3.05, 3.63) is 40.3 Å². The Bertz CT molecular complexity index is 1030. The van der Waals surface area contributed by atoms with E-state index in [0.717, 1.165) is 31.4 Å². The second-order valence-corrected chi connectivity index (χ2v) is 10.0. The maximum atomic E-state index is 13.3. The molecule has 32 heavy (non-hydrogen) atoms. The van der Waals surface area contributed by atoms with Crippen molar-refractivity contribution >= 4 is 17.0 Å². The lowest BCUT2D eigenvalue weighted by atomic mass is 9.83. The molecule has 1 aromatic carbocycles. The number of aromatic carboxylic acids is 1. The molecule has 3 aliphatic rings. The van der Waals surface area contributed by atoms with E-state index >= 15 is 0 Å². The van der Waals surface area contributed by atoms with Crippen molar-refractivity contribution in [1.82, 2.24) is 19.4 Å². The number of para-hydroxylation sites is 2. The molecule has 1 saturated carbocycles. The maximum Gasteiger partial charge on any atom is 0.360 e. The number of benzene rings is 1. The van der Waals surface area contributed by atoms with Gasteiger partial charge < -0.3 is 14.6 Å². The van der Waals surface area contributed by atoms with Crippen LogP contribution in [0.25, 0.3) is 11.0 Å². The van der Waals surface area contributed by atoms with Gasteiger partial charge in [0, 0.05) is 37.3 Å². The van der Waals surface area contributed by atoms with Gasteiger partial charge in [0.1, 0.15) is 0 Å². The number of carbonyl (C=O) groups is 1. The van der Waals surface area contributed by atoms with Crippen LogP contribution in [0.5, 0.6) is 0 Å². The normalized spacial score (nSPS) is 28.3. The van der Waals surface area contributed by atoms with Gasteiger partial charge in [0.05, 0.1) is 11.0 Å². The van der Waals surface area contributed by atoms with E-state index in [1.54, 1.807) is 10.6 Å². The number of hydrogen-bond acceptors (Lipinski definition) is 5. The Hall–Kier alpha value is -2.25. The standard InChI is InChI=1S/C25H34N4O3/c1-27-15-19-13-18(14-20(16-27)28(19)17-9-5-3-2-4-6-10-17)29-22-12-8-7-11-21(22)26-23(24(29)30)25(31)32/h7-8,11-12,17-20H,2-6,9-10,13-16H2,1H3,(H,31,32)/t18?,19-,20?/m0/s1. The third kappa shape index (κ3) is 3.97. The van der Waals surface area contributed by atoms with E-state index < -0.39 is 11.5 Å². The third-order valence-electron chi connectivity index (χ3n) is 7.84. The summed E-state index contributed by atoms with van der Waals surface area (Å²) in [6.45, 7) is 2.01. The minimum absolute atomic E-state index is 0.00186. The first-order valence-corrected chi connectivity index (χ1v) is 12.2. The van der Waals surface area contributed by atoms with Gasteiger partial charge in [0.2, 0.25) is 5.69 Å². The molecule has 1 aromatic heterocycles. The summed E-state index contributed by atoms with van der Waals surface area (Å²) in [6.07, 6.45) is 11.0. The van der Waals surface area contributed by atoms with Gasteiger partial charge in [-0.05, 0) is 44.9 Å². The molecule has 1 aliphatic carbocycles. The van der Waals surface area contributed by atoms with Gasteiger partial charge in [0.15, 0.2) is 0 Å². The zero-order chi connectivity index (χ0) is 22.2. The number of likely N-dealkylation sites (tertiary alicyclic amines) is 1. The van der Waals surface area contributed by atoms with E-state index in [1.165, 1.54) is 44.9 Å². The average Bonchev–Trinajstić information content (AvgIpc) is 2.72. The number of hydrogen-bond donors (Lipinski definition) is 1. The first-order chi connectivity index (χ1) is 15.5. The summed E-state index contributed by atoms with van der Waals surface area (Å²) in [5, 5.41) is 9.62. The Balaban J connectivity index is 1.51. The van der Waals surface area contributed by atoms with Gasteiger partial charge in [-0.3, -0.25) is 9.69 Å². The lowest BCUT2D eigenvalue weighted by molar-refractivity contribution is -0.0512. The molecule has 0 amide bonds.